The van der Waals surface area contributed by atoms with Crippen LogP contribution in [-0.4, -0.2) is 18.7 Å². The highest BCUT2D eigenvalue weighted by molar-refractivity contribution is 5.82. The second-order valence-corrected chi connectivity index (χ2v) is 7.33. The number of esters is 1. The van der Waals surface area contributed by atoms with E-state index in [1.165, 1.54) is 6.08 Å². The number of aryl methyl sites for hydroxylation is 1. The number of hydrogen-bond acceptors (Lipinski definition) is 4. The van der Waals surface area contributed by atoms with Gasteiger partial charge in [0, 0.05) is 6.08 Å². The lowest BCUT2D eigenvalue weighted by molar-refractivity contribution is -0.148. The number of methoxy groups -OCH3 is 1. The third-order valence-electron chi connectivity index (χ3n) is 3.90. The molecule has 2 aromatic carbocycles. The second kappa shape index (κ2) is 9.38. The Balaban J connectivity index is 2.14. The maximum Gasteiger partial charge on any atom is 0.331 e. The second-order valence-electron chi connectivity index (χ2n) is 7.33. The van der Waals surface area contributed by atoms with E-state index in [1.807, 2.05) is 76.2 Å². The maximum atomic E-state index is 12.0. The highest BCUT2D eigenvalue weighted by atomic mass is 16.6. The third kappa shape index (κ3) is 6.91. The lowest BCUT2D eigenvalue weighted by atomic mass is 10.0. The van der Waals surface area contributed by atoms with E-state index in [0.29, 0.717) is 6.61 Å². The van der Waals surface area contributed by atoms with E-state index < -0.39 is 5.60 Å². The fraction of sp³-hybridized carbons (Fsp3) is 0.348. The quantitative estimate of drug-likeness (QED) is 0.500. The molecule has 0 aromatic heterocycles. The Morgan fingerprint density at radius 2 is 1.74 bits per heavy atom. The summed E-state index contributed by atoms with van der Waals surface area (Å²) in [5, 5.41) is 0. The first-order chi connectivity index (χ1) is 12.8. The molecule has 0 aliphatic rings. The Kier molecular flexibility index (Phi) is 7.19. The number of benzene rings is 2. The average Bonchev–Trinajstić information content (AvgIpc) is 2.61. The van der Waals surface area contributed by atoms with Gasteiger partial charge < -0.3 is 14.2 Å². The molecule has 0 bridgehead atoms. The molecule has 0 radical (unpaired) electrons. The van der Waals surface area contributed by atoms with Crippen LogP contribution < -0.4 is 4.74 Å². The molecule has 4 nitrogen and oxygen atoms in total. The van der Waals surface area contributed by atoms with Gasteiger partial charge in [-0.25, -0.2) is 4.79 Å². The molecule has 0 heterocycles. The van der Waals surface area contributed by atoms with Crippen LogP contribution in [-0.2, 0) is 20.9 Å². The van der Waals surface area contributed by atoms with Crippen LogP contribution in [0, 0.1) is 6.92 Å². The first kappa shape index (κ1) is 20.7. The number of hydrogen-bond donors (Lipinski definition) is 0. The average molecular weight is 368 g/mol. The standard InChI is InChI=1S/C23H28O4/c1-17-8-6-7-9-20(17)21(14-15-22(24)27-23(2,3)4)26-16-18-10-12-19(25-5)13-11-18/h6-15,21H,16H2,1-5H3/b15-14+/t21-/m0/s1. The summed E-state index contributed by atoms with van der Waals surface area (Å²) in [5.74, 6) is 0.424. The van der Waals surface area contributed by atoms with Crippen LogP contribution in [0.2, 0.25) is 0 Å². The number of carbonyl (C=O) groups excluding carboxylic acids is 1. The van der Waals surface area contributed by atoms with Crippen molar-refractivity contribution in [2.24, 2.45) is 0 Å². The molecule has 0 amide bonds. The topological polar surface area (TPSA) is 44.8 Å². The summed E-state index contributed by atoms with van der Waals surface area (Å²) in [6, 6.07) is 15.7. The van der Waals surface area contributed by atoms with Gasteiger partial charge in [0.1, 0.15) is 17.5 Å². The molecule has 2 aromatic rings. The van der Waals surface area contributed by atoms with Crippen molar-refractivity contribution in [1.29, 1.82) is 0 Å². The van der Waals surface area contributed by atoms with E-state index in [9.17, 15) is 4.79 Å². The Morgan fingerprint density at radius 3 is 2.33 bits per heavy atom. The molecule has 1 atom stereocenters. The predicted octanol–water partition coefficient (Wildman–Crippen LogP) is 5.16. The smallest absolute Gasteiger partial charge is 0.331 e. The van der Waals surface area contributed by atoms with Crippen LogP contribution in [0.25, 0.3) is 0 Å². The minimum Gasteiger partial charge on any atom is -0.497 e. The molecular formula is C23H28O4. The zero-order chi connectivity index (χ0) is 19.9. The van der Waals surface area contributed by atoms with E-state index in [1.54, 1.807) is 13.2 Å². The summed E-state index contributed by atoms with van der Waals surface area (Å²) in [5.41, 5.74) is 2.63. The summed E-state index contributed by atoms with van der Waals surface area (Å²) in [6.07, 6.45) is 2.84. The van der Waals surface area contributed by atoms with Crippen LogP contribution in [0.1, 0.15) is 43.6 Å². The van der Waals surface area contributed by atoms with Crippen molar-refractivity contribution in [3.63, 3.8) is 0 Å². The SMILES string of the molecule is COc1ccc(CO[C@@H](/C=C/C(=O)OC(C)(C)C)c2ccccc2C)cc1. The van der Waals surface area contributed by atoms with Crippen LogP contribution in [0.15, 0.2) is 60.7 Å². The Bertz CT molecular complexity index is 770. The van der Waals surface area contributed by atoms with Gasteiger partial charge in [-0.05, 0) is 62.6 Å². The third-order valence-corrected chi connectivity index (χ3v) is 3.90. The molecule has 2 rings (SSSR count). The monoisotopic (exact) mass is 368 g/mol. The Hall–Kier alpha value is -2.59. The number of ether oxygens (including phenoxy) is 3. The Labute approximate surface area is 161 Å². The Morgan fingerprint density at radius 1 is 1.07 bits per heavy atom. The van der Waals surface area contributed by atoms with Crippen molar-refractivity contribution < 1.29 is 19.0 Å². The lowest BCUT2D eigenvalue weighted by Crippen LogP contribution is -2.22. The molecular weight excluding hydrogens is 340 g/mol. The fourth-order valence-corrected chi connectivity index (χ4v) is 2.56. The molecule has 27 heavy (non-hydrogen) atoms. The van der Waals surface area contributed by atoms with Crippen molar-refractivity contribution >= 4 is 5.97 Å². The molecule has 0 fully saturated rings. The van der Waals surface area contributed by atoms with E-state index in [-0.39, 0.29) is 12.1 Å². The molecule has 4 heteroatoms. The maximum absolute atomic E-state index is 12.0. The molecule has 0 saturated heterocycles. The molecule has 0 aliphatic heterocycles. The molecule has 0 unspecified atom stereocenters. The van der Waals surface area contributed by atoms with Gasteiger partial charge in [-0.3, -0.25) is 0 Å². The first-order valence-electron chi connectivity index (χ1n) is 9.00. The fourth-order valence-electron chi connectivity index (χ4n) is 2.56. The largest absolute Gasteiger partial charge is 0.497 e. The van der Waals surface area contributed by atoms with Gasteiger partial charge in [0.05, 0.1) is 13.7 Å². The molecule has 0 saturated carbocycles. The molecule has 0 aliphatic carbocycles. The summed E-state index contributed by atoms with van der Waals surface area (Å²) < 4.78 is 16.6. The van der Waals surface area contributed by atoms with Crippen LogP contribution in [0.5, 0.6) is 5.75 Å². The van der Waals surface area contributed by atoms with E-state index in [2.05, 4.69) is 0 Å². The van der Waals surface area contributed by atoms with Crippen LogP contribution in [0.3, 0.4) is 0 Å². The van der Waals surface area contributed by atoms with Gasteiger partial charge >= 0.3 is 5.97 Å². The van der Waals surface area contributed by atoms with E-state index in [0.717, 1.165) is 22.4 Å². The van der Waals surface area contributed by atoms with Crippen molar-refractivity contribution in [2.75, 3.05) is 7.11 Å². The van der Waals surface area contributed by atoms with Crippen LogP contribution in [0.4, 0.5) is 0 Å². The molecule has 144 valence electrons. The zero-order valence-corrected chi connectivity index (χ0v) is 16.7. The van der Waals surface area contributed by atoms with Crippen molar-refractivity contribution in [3.05, 3.63) is 77.4 Å². The summed E-state index contributed by atoms with van der Waals surface area (Å²) in [4.78, 5) is 12.0. The number of carbonyl (C=O) groups is 1. The van der Waals surface area contributed by atoms with Crippen molar-refractivity contribution in [2.45, 2.75) is 46.0 Å². The zero-order valence-electron chi connectivity index (χ0n) is 16.7. The summed E-state index contributed by atoms with van der Waals surface area (Å²) >= 11 is 0. The highest BCUT2D eigenvalue weighted by Crippen LogP contribution is 2.24. The molecule has 0 N–H and O–H groups in total. The van der Waals surface area contributed by atoms with Gasteiger partial charge in [-0.15, -0.1) is 0 Å². The highest BCUT2D eigenvalue weighted by Gasteiger charge is 2.16. The minimum absolute atomic E-state index is 0.346. The summed E-state index contributed by atoms with van der Waals surface area (Å²) in [6.45, 7) is 7.98. The van der Waals surface area contributed by atoms with Gasteiger partial charge in [-0.1, -0.05) is 36.4 Å². The summed E-state index contributed by atoms with van der Waals surface area (Å²) in [7, 11) is 1.64. The lowest BCUT2D eigenvalue weighted by Gasteiger charge is -2.19. The predicted molar refractivity (Wildman–Crippen MR) is 107 cm³/mol. The van der Waals surface area contributed by atoms with Gasteiger partial charge in [0.2, 0.25) is 0 Å². The minimum atomic E-state index is -0.524. The van der Waals surface area contributed by atoms with E-state index >= 15 is 0 Å². The van der Waals surface area contributed by atoms with Crippen molar-refractivity contribution in [3.8, 4) is 5.75 Å². The van der Waals surface area contributed by atoms with Crippen LogP contribution >= 0.6 is 0 Å². The molecule has 0 spiro atoms. The normalized spacial score (nSPS) is 12.8. The number of rotatable bonds is 7. The first-order valence-corrected chi connectivity index (χ1v) is 9.00. The van der Waals surface area contributed by atoms with Gasteiger partial charge in [0.15, 0.2) is 0 Å². The van der Waals surface area contributed by atoms with E-state index in [4.69, 9.17) is 14.2 Å². The van der Waals surface area contributed by atoms with Crippen molar-refractivity contribution in [1.82, 2.24) is 0 Å². The van der Waals surface area contributed by atoms with Gasteiger partial charge in [-0.2, -0.15) is 0 Å². The van der Waals surface area contributed by atoms with Gasteiger partial charge in [0.25, 0.3) is 0 Å².